The van der Waals surface area contributed by atoms with Crippen LogP contribution in [0.15, 0.2) is 0 Å². The molecule has 2 unspecified atom stereocenters. The molecule has 1 aliphatic carbocycles. The second-order valence-electron chi connectivity index (χ2n) is 3.63. The Balaban J connectivity index is 0.000000791. The lowest BCUT2D eigenvalue weighted by Gasteiger charge is -2.11. The van der Waals surface area contributed by atoms with Crippen LogP contribution in [0.1, 0.15) is 40.5 Å². The molecule has 1 fully saturated rings. The van der Waals surface area contributed by atoms with Crippen molar-refractivity contribution in [3.63, 3.8) is 0 Å². The highest BCUT2D eigenvalue weighted by Gasteiger charge is 2.51. The van der Waals surface area contributed by atoms with E-state index in [4.69, 9.17) is 0 Å². The predicted molar refractivity (Wildman–Crippen MR) is 52.3 cm³/mol. The lowest BCUT2D eigenvalue weighted by molar-refractivity contribution is -0.119. The van der Waals surface area contributed by atoms with E-state index in [0.29, 0.717) is 6.42 Å². The Morgan fingerprint density at radius 1 is 1.57 bits per heavy atom. The molecule has 0 bridgehead atoms. The maximum atomic E-state index is 11.9. The molecule has 0 radical (unpaired) electrons. The van der Waals surface area contributed by atoms with Gasteiger partial charge in [0, 0.05) is 18.9 Å². The smallest absolute Gasteiger partial charge is 0.239 e. The fourth-order valence-electron chi connectivity index (χ4n) is 1.57. The number of alkyl halides is 2. The molecule has 4 heteroatoms. The van der Waals surface area contributed by atoms with Gasteiger partial charge in [-0.1, -0.05) is 13.8 Å². The fourth-order valence-corrected chi connectivity index (χ4v) is 1.57. The quantitative estimate of drug-likeness (QED) is 0.757. The van der Waals surface area contributed by atoms with E-state index in [1.165, 1.54) is 6.92 Å². The van der Waals surface area contributed by atoms with E-state index in [2.05, 4.69) is 5.32 Å². The summed E-state index contributed by atoms with van der Waals surface area (Å²) in [6.07, 6.45) is -1.68. The van der Waals surface area contributed by atoms with Gasteiger partial charge in [-0.25, -0.2) is 8.78 Å². The van der Waals surface area contributed by atoms with Crippen LogP contribution < -0.4 is 5.32 Å². The normalized spacial score (nSPS) is 29.2. The van der Waals surface area contributed by atoms with Crippen molar-refractivity contribution in [2.75, 3.05) is 0 Å². The van der Waals surface area contributed by atoms with Gasteiger partial charge in [0.1, 0.15) is 0 Å². The fraction of sp³-hybridized carbons (Fsp3) is 0.900. The molecule has 14 heavy (non-hydrogen) atoms. The zero-order valence-electron chi connectivity index (χ0n) is 9.23. The Morgan fingerprint density at radius 3 is 2.43 bits per heavy atom. The number of hydrogen-bond acceptors (Lipinski definition) is 1. The Hall–Kier alpha value is -0.670. The highest BCUT2D eigenvalue weighted by molar-refractivity contribution is 5.74. The lowest BCUT2D eigenvalue weighted by atomic mass is 10.2. The van der Waals surface area contributed by atoms with Gasteiger partial charge in [0.2, 0.25) is 12.3 Å². The molecule has 1 saturated carbocycles. The topological polar surface area (TPSA) is 29.1 Å². The average molecular weight is 207 g/mol. The van der Waals surface area contributed by atoms with Gasteiger partial charge in [0.15, 0.2) is 0 Å². The minimum Gasteiger partial charge on any atom is -0.351 e. The third-order valence-electron chi connectivity index (χ3n) is 2.34. The van der Waals surface area contributed by atoms with Crippen LogP contribution in [0.3, 0.4) is 0 Å². The van der Waals surface area contributed by atoms with Crippen LogP contribution in [0.2, 0.25) is 0 Å². The summed E-state index contributed by atoms with van der Waals surface area (Å²) in [5.41, 5.74) is -0.359. The molecule has 0 aromatic rings. The zero-order valence-corrected chi connectivity index (χ0v) is 9.23. The van der Waals surface area contributed by atoms with Crippen molar-refractivity contribution in [3.8, 4) is 0 Å². The zero-order chi connectivity index (χ0) is 11.4. The van der Waals surface area contributed by atoms with Gasteiger partial charge in [-0.2, -0.15) is 0 Å². The highest BCUT2D eigenvalue weighted by atomic mass is 19.3. The van der Waals surface area contributed by atoms with Crippen LogP contribution in [-0.2, 0) is 4.79 Å². The van der Waals surface area contributed by atoms with Crippen LogP contribution in [0.4, 0.5) is 8.78 Å². The minimum absolute atomic E-state index is 0.0404. The number of carbonyl (C=O) groups is 1. The largest absolute Gasteiger partial charge is 0.351 e. The molecule has 0 aromatic heterocycles. The van der Waals surface area contributed by atoms with Gasteiger partial charge in [-0.15, -0.1) is 0 Å². The summed E-state index contributed by atoms with van der Waals surface area (Å²) in [6, 6.07) is 0. The third-order valence-corrected chi connectivity index (χ3v) is 2.34. The van der Waals surface area contributed by atoms with Gasteiger partial charge in [-0.05, 0) is 19.3 Å². The maximum absolute atomic E-state index is 11.9. The first-order valence-corrected chi connectivity index (χ1v) is 5.01. The summed E-state index contributed by atoms with van der Waals surface area (Å²) in [5, 5.41) is 2.68. The number of carbonyl (C=O) groups excluding carboxylic acids is 1. The second-order valence-corrected chi connectivity index (χ2v) is 3.63. The van der Waals surface area contributed by atoms with Crippen LogP contribution in [0, 0.1) is 5.92 Å². The van der Waals surface area contributed by atoms with E-state index in [1.807, 2.05) is 13.8 Å². The summed E-state index contributed by atoms with van der Waals surface area (Å²) in [4.78, 5) is 10.6. The Kier molecular flexibility index (Phi) is 5.02. The van der Waals surface area contributed by atoms with Crippen LogP contribution in [-0.4, -0.2) is 17.9 Å². The van der Waals surface area contributed by atoms with Crippen molar-refractivity contribution < 1.29 is 13.6 Å². The molecule has 0 aliphatic heterocycles. The number of nitrogens with one attached hydrogen (secondary N) is 1. The van der Waals surface area contributed by atoms with E-state index >= 15 is 0 Å². The Morgan fingerprint density at radius 2 is 2.07 bits per heavy atom. The monoisotopic (exact) mass is 207 g/mol. The summed E-state index contributed by atoms with van der Waals surface area (Å²) >= 11 is 0. The number of hydrogen-bond donors (Lipinski definition) is 1. The second kappa shape index (κ2) is 5.27. The van der Waals surface area contributed by atoms with Crippen molar-refractivity contribution in [3.05, 3.63) is 0 Å². The molecule has 2 atom stereocenters. The third kappa shape index (κ3) is 4.03. The number of halogens is 2. The van der Waals surface area contributed by atoms with Gasteiger partial charge in [0.25, 0.3) is 0 Å². The molecule has 0 aromatic carbocycles. The Bertz CT molecular complexity index is 197. The van der Waals surface area contributed by atoms with Crippen LogP contribution >= 0.6 is 0 Å². The standard InChI is InChI=1S/C8H13F2NO.C2H6/c1-5(12)11-8(2)4-6(8)3-7(9)10;1-2/h6-7H,3-4H2,1-2H3,(H,11,12);1-2H3. The summed E-state index contributed by atoms with van der Waals surface area (Å²) in [7, 11) is 0. The van der Waals surface area contributed by atoms with Crippen molar-refractivity contribution in [1.82, 2.24) is 5.32 Å². The molecule has 2 nitrogen and oxygen atoms in total. The van der Waals surface area contributed by atoms with E-state index in [1.54, 1.807) is 6.92 Å². The van der Waals surface area contributed by atoms with Gasteiger partial charge in [0.05, 0.1) is 0 Å². The van der Waals surface area contributed by atoms with E-state index < -0.39 is 6.43 Å². The molecule has 84 valence electrons. The average Bonchev–Trinajstić information content (AvgIpc) is 2.61. The number of rotatable bonds is 3. The first-order chi connectivity index (χ1) is 6.44. The molecule has 1 amide bonds. The SMILES string of the molecule is CC.CC(=O)NC1(C)CC1CC(F)F. The van der Waals surface area contributed by atoms with Crippen molar-refractivity contribution >= 4 is 5.91 Å². The molecule has 0 heterocycles. The van der Waals surface area contributed by atoms with Crippen molar-refractivity contribution in [2.24, 2.45) is 5.92 Å². The van der Waals surface area contributed by atoms with E-state index in [0.717, 1.165) is 0 Å². The molecule has 1 aliphatic rings. The van der Waals surface area contributed by atoms with Crippen molar-refractivity contribution in [2.45, 2.75) is 52.5 Å². The van der Waals surface area contributed by atoms with Crippen LogP contribution in [0.5, 0.6) is 0 Å². The highest BCUT2D eigenvalue weighted by Crippen LogP contribution is 2.46. The first-order valence-electron chi connectivity index (χ1n) is 5.01. The van der Waals surface area contributed by atoms with Gasteiger partial charge < -0.3 is 5.32 Å². The lowest BCUT2D eigenvalue weighted by Crippen LogP contribution is -2.34. The van der Waals surface area contributed by atoms with E-state index in [-0.39, 0.29) is 23.8 Å². The van der Waals surface area contributed by atoms with Gasteiger partial charge >= 0.3 is 0 Å². The van der Waals surface area contributed by atoms with Gasteiger partial charge in [-0.3, -0.25) is 4.79 Å². The molecule has 1 rings (SSSR count). The molecule has 0 saturated heterocycles. The van der Waals surface area contributed by atoms with Crippen LogP contribution in [0.25, 0.3) is 0 Å². The minimum atomic E-state index is -2.26. The molecular formula is C10H19F2NO. The molecular weight excluding hydrogens is 188 g/mol. The summed E-state index contributed by atoms with van der Waals surface area (Å²) in [6.45, 7) is 7.21. The number of amides is 1. The predicted octanol–water partition coefficient (Wildman–Crippen LogP) is 2.58. The van der Waals surface area contributed by atoms with Crippen molar-refractivity contribution in [1.29, 1.82) is 0 Å². The summed E-state index contributed by atoms with van der Waals surface area (Å²) in [5.74, 6) is -0.185. The Labute approximate surface area is 84.1 Å². The molecule has 0 spiro atoms. The van der Waals surface area contributed by atoms with E-state index in [9.17, 15) is 13.6 Å². The summed E-state index contributed by atoms with van der Waals surface area (Å²) < 4.78 is 23.8. The maximum Gasteiger partial charge on any atom is 0.239 e. The molecule has 1 N–H and O–H groups in total. The first kappa shape index (κ1) is 13.3.